The van der Waals surface area contributed by atoms with Crippen LogP contribution in [0.5, 0.6) is 0 Å². The SMILES string of the molecule is C[C]=CCCC(C)(C)C. The van der Waals surface area contributed by atoms with Crippen LogP contribution >= 0.6 is 0 Å². The molecule has 0 heterocycles. The maximum atomic E-state index is 3.02. The summed E-state index contributed by atoms with van der Waals surface area (Å²) >= 11 is 0. The van der Waals surface area contributed by atoms with E-state index in [1.165, 1.54) is 12.8 Å². The van der Waals surface area contributed by atoms with Gasteiger partial charge >= 0.3 is 0 Å². The van der Waals surface area contributed by atoms with E-state index < -0.39 is 0 Å². The molecule has 0 rings (SSSR count). The molecule has 0 nitrogen and oxygen atoms in total. The van der Waals surface area contributed by atoms with Crippen LogP contribution in [-0.2, 0) is 0 Å². The van der Waals surface area contributed by atoms with E-state index in [2.05, 4.69) is 32.9 Å². The van der Waals surface area contributed by atoms with Crippen molar-refractivity contribution < 1.29 is 0 Å². The Bertz CT molecular complexity index is 82.7. The standard InChI is InChI=1S/C9H17/c1-5-6-7-8-9(2,3)4/h6H,7-8H2,1-4H3. The summed E-state index contributed by atoms with van der Waals surface area (Å²) in [7, 11) is 0. The summed E-state index contributed by atoms with van der Waals surface area (Å²) in [6, 6.07) is 0. The Morgan fingerprint density at radius 1 is 1.33 bits per heavy atom. The summed E-state index contributed by atoms with van der Waals surface area (Å²) in [6.07, 6.45) is 7.54. The minimum absolute atomic E-state index is 0.480. The fourth-order valence-electron chi connectivity index (χ4n) is 0.650. The lowest BCUT2D eigenvalue weighted by atomic mass is 9.91. The minimum Gasteiger partial charge on any atom is -0.0813 e. The third kappa shape index (κ3) is 7.74. The first-order valence-corrected chi connectivity index (χ1v) is 3.55. The molecule has 0 amide bonds. The van der Waals surface area contributed by atoms with Crippen molar-refractivity contribution in [3.05, 3.63) is 12.2 Å². The van der Waals surface area contributed by atoms with Crippen molar-refractivity contribution in [2.24, 2.45) is 5.41 Å². The molecule has 0 spiro atoms. The predicted molar refractivity (Wildman–Crippen MR) is 42.2 cm³/mol. The molecule has 0 aromatic carbocycles. The van der Waals surface area contributed by atoms with Gasteiger partial charge in [0.2, 0.25) is 0 Å². The van der Waals surface area contributed by atoms with Gasteiger partial charge in [0, 0.05) is 0 Å². The molecule has 0 atom stereocenters. The number of rotatable bonds is 2. The van der Waals surface area contributed by atoms with Crippen LogP contribution in [0.3, 0.4) is 0 Å². The van der Waals surface area contributed by atoms with Gasteiger partial charge in [-0.25, -0.2) is 0 Å². The van der Waals surface area contributed by atoms with Gasteiger partial charge in [0.25, 0.3) is 0 Å². The molecule has 0 saturated carbocycles. The third-order valence-corrected chi connectivity index (χ3v) is 1.24. The Hall–Kier alpha value is -0.260. The fourth-order valence-corrected chi connectivity index (χ4v) is 0.650. The summed E-state index contributed by atoms with van der Waals surface area (Å²) < 4.78 is 0. The lowest BCUT2D eigenvalue weighted by Crippen LogP contribution is -2.02. The van der Waals surface area contributed by atoms with Crippen molar-refractivity contribution in [2.75, 3.05) is 0 Å². The molecule has 0 aromatic rings. The molecule has 0 unspecified atom stereocenters. The van der Waals surface area contributed by atoms with Crippen LogP contribution in [0.15, 0.2) is 6.08 Å². The summed E-state index contributed by atoms with van der Waals surface area (Å²) in [5.74, 6) is 0. The first kappa shape index (κ1) is 8.74. The molecule has 0 aliphatic heterocycles. The quantitative estimate of drug-likeness (QED) is 0.531. The van der Waals surface area contributed by atoms with E-state index in [9.17, 15) is 0 Å². The van der Waals surface area contributed by atoms with E-state index >= 15 is 0 Å². The summed E-state index contributed by atoms with van der Waals surface area (Å²) in [6.45, 7) is 8.73. The first-order chi connectivity index (χ1) is 4.06. The summed E-state index contributed by atoms with van der Waals surface area (Å²) in [5.41, 5.74) is 0.480. The van der Waals surface area contributed by atoms with E-state index in [-0.39, 0.29) is 0 Å². The lowest BCUT2D eigenvalue weighted by molar-refractivity contribution is 0.381. The van der Waals surface area contributed by atoms with E-state index in [1.54, 1.807) is 0 Å². The molecular formula is C9H17. The molecule has 0 heteroatoms. The van der Waals surface area contributed by atoms with Crippen molar-refractivity contribution in [1.29, 1.82) is 0 Å². The van der Waals surface area contributed by atoms with Gasteiger partial charge in [0.05, 0.1) is 0 Å². The molecule has 0 bridgehead atoms. The predicted octanol–water partition coefficient (Wildman–Crippen LogP) is 3.19. The average molecular weight is 125 g/mol. The monoisotopic (exact) mass is 125 g/mol. The molecular weight excluding hydrogens is 108 g/mol. The number of allylic oxidation sites excluding steroid dienone is 2. The second kappa shape index (κ2) is 3.71. The van der Waals surface area contributed by atoms with Crippen LogP contribution in [-0.4, -0.2) is 0 Å². The Kier molecular flexibility index (Phi) is 3.60. The molecule has 1 radical (unpaired) electrons. The Morgan fingerprint density at radius 3 is 2.22 bits per heavy atom. The molecule has 0 fully saturated rings. The molecule has 9 heavy (non-hydrogen) atoms. The van der Waals surface area contributed by atoms with Crippen molar-refractivity contribution >= 4 is 0 Å². The normalized spacial score (nSPS) is 12.9. The van der Waals surface area contributed by atoms with Crippen molar-refractivity contribution in [1.82, 2.24) is 0 Å². The first-order valence-electron chi connectivity index (χ1n) is 3.55. The Balaban J connectivity index is 3.28. The highest BCUT2D eigenvalue weighted by molar-refractivity contribution is 4.73. The molecule has 53 valence electrons. The zero-order valence-electron chi connectivity index (χ0n) is 6.99. The van der Waals surface area contributed by atoms with Crippen molar-refractivity contribution in [2.45, 2.75) is 40.5 Å². The van der Waals surface area contributed by atoms with Gasteiger partial charge in [-0.3, -0.25) is 0 Å². The largest absolute Gasteiger partial charge is 0.0813 e. The maximum absolute atomic E-state index is 3.02. The molecule has 0 N–H and O–H groups in total. The van der Waals surface area contributed by atoms with Gasteiger partial charge in [0.1, 0.15) is 0 Å². The van der Waals surface area contributed by atoms with Gasteiger partial charge in [-0.05, 0) is 25.2 Å². The number of hydrogen-bond acceptors (Lipinski definition) is 0. The minimum atomic E-state index is 0.480. The van der Waals surface area contributed by atoms with Crippen LogP contribution in [0, 0.1) is 11.5 Å². The second-order valence-corrected chi connectivity index (χ2v) is 3.59. The van der Waals surface area contributed by atoms with E-state index in [1.807, 2.05) is 6.92 Å². The molecule has 0 aliphatic carbocycles. The van der Waals surface area contributed by atoms with E-state index in [0.717, 1.165) is 0 Å². The van der Waals surface area contributed by atoms with E-state index in [0.29, 0.717) is 5.41 Å². The van der Waals surface area contributed by atoms with Crippen LogP contribution in [0.2, 0.25) is 0 Å². The highest BCUT2D eigenvalue weighted by atomic mass is 14.1. The smallest absolute Gasteiger partial charge is 0.0340 e. The van der Waals surface area contributed by atoms with Crippen molar-refractivity contribution in [3.8, 4) is 0 Å². The molecule has 0 aliphatic rings. The average Bonchev–Trinajstić information content (AvgIpc) is 1.63. The Morgan fingerprint density at radius 2 is 1.89 bits per heavy atom. The Labute approximate surface area is 59.0 Å². The van der Waals surface area contributed by atoms with Gasteiger partial charge in [-0.15, -0.1) is 0 Å². The fraction of sp³-hybridized carbons (Fsp3) is 0.778. The highest BCUT2D eigenvalue weighted by Crippen LogP contribution is 2.20. The van der Waals surface area contributed by atoms with E-state index in [4.69, 9.17) is 0 Å². The third-order valence-electron chi connectivity index (χ3n) is 1.24. The molecule has 0 aromatic heterocycles. The summed E-state index contributed by atoms with van der Waals surface area (Å²) in [4.78, 5) is 0. The van der Waals surface area contributed by atoms with Crippen LogP contribution in [0.1, 0.15) is 40.5 Å². The molecule has 0 saturated heterocycles. The van der Waals surface area contributed by atoms with Crippen LogP contribution in [0.25, 0.3) is 0 Å². The van der Waals surface area contributed by atoms with Gasteiger partial charge in [0.15, 0.2) is 0 Å². The second-order valence-electron chi connectivity index (χ2n) is 3.59. The van der Waals surface area contributed by atoms with Gasteiger partial charge in [-0.1, -0.05) is 32.9 Å². The highest BCUT2D eigenvalue weighted by Gasteiger charge is 2.06. The lowest BCUT2D eigenvalue weighted by Gasteiger charge is -2.15. The van der Waals surface area contributed by atoms with Gasteiger partial charge in [-0.2, -0.15) is 0 Å². The van der Waals surface area contributed by atoms with Gasteiger partial charge < -0.3 is 0 Å². The maximum Gasteiger partial charge on any atom is -0.0340 e. The zero-order valence-corrected chi connectivity index (χ0v) is 6.99. The number of hydrogen-bond donors (Lipinski definition) is 0. The van der Waals surface area contributed by atoms with Crippen LogP contribution in [0.4, 0.5) is 0 Å². The zero-order chi connectivity index (χ0) is 7.33. The topological polar surface area (TPSA) is 0 Å². The van der Waals surface area contributed by atoms with Crippen molar-refractivity contribution in [3.63, 3.8) is 0 Å². The van der Waals surface area contributed by atoms with Crippen LogP contribution < -0.4 is 0 Å². The summed E-state index contributed by atoms with van der Waals surface area (Å²) in [5, 5.41) is 0.